The third-order valence-corrected chi connectivity index (χ3v) is 6.43. The van der Waals surface area contributed by atoms with E-state index in [2.05, 4.69) is 20.3 Å². The van der Waals surface area contributed by atoms with Crippen LogP contribution in [0.25, 0.3) is 22.6 Å². The van der Waals surface area contributed by atoms with Crippen LogP contribution in [0.1, 0.15) is 48.3 Å². The molecule has 1 atom stereocenters. The van der Waals surface area contributed by atoms with E-state index in [0.717, 1.165) is 24.1 Å². The van der Waals surface area contributed by atoms with Gasteiger partial charge in [-0.2, -0.15) is 4.98 Å². The summed E-state index contributed by atoms with van der Waals surface area (Å²) in [4.78, 5) is 30.7. The lowest BCUT2D eigenvalue weighted by Crippen LogP contribution is -2.30. The van der Waals surface area contributed by atoms with Gasteiger partial charge in [0.2, 0.25) is 5.88 Å². The molecule has 1 saturated carbocycles. The summed E-state index contributed by atoms with van der Waals surface area (Å²) in [6.07, 6.45) is 4.53. The van der Waals surface area contributed by atoms with Crippen LogP contribution in [-0.4, -0.2) is 53.8 Å². The van der Waals surface area contributed by atoms with Crippen LogP contribution in [0.3, 0.4) is 0 Å². The van der Waals surface area contributed by atoms with E-state index in [1.165, 1.54) is 6.33 Å². The molecule has 0 unspecified atom stereocenters. The maximum atomic E-state index is 12.5. The fourth-order valence-corrected chi connectivity index (χ4v) is 4.15. The van der Waals surface area contributed by atoms with E-state index >= 15 is 0 Å². The minimum Gasteiger partial charge on any atom is -0.470 e. The molecule has 1 aromatic carbocycles. The second-order valence-corrected chi connectivity index (χ2v) is 9.91. The summed E-state index contributed by atoms with van der Waals surface area (Å²) in [6.45, 7) is 6.23. The molecule has 1 aliphatic rings. The maximum Gasteiger partial charge on any atom is 0.251 e. The molecule has 10 heteroatoms. The van der Waals surface area contributed by atoms with Gasteiger partial charge in [0.25, 0.3) is 5.91 Å². The molecule has 5 rings (SSSR count). The number of aryl methyl sites for hydroxylation is 1. The van der Waals surface area contributed by atoms with Crippen LogP contribution in [0.15, 0.2) is 42.9 Å². The van der Waals surface area contributed by atoms with E-state index in [1.54, 1.807) is 31.3 Å². The number of carbonyl (C=O) groups is 1. The minimum absolute atomic E-state index is 0.151. The summed E-state index contributed by atoms with van der Waals surface area (Å²) < 4.78 is 8.12. The number of nitrogens with zero attached hydrogens (tertiary/aromatic N) is 5. The Morgan fingerprint density at radius 3 is 2.75 bits per heavy atom. The first-order chi connectivity index (χ1) is 17.2. The Balaban J connectivity index is 1.59. The lowest BCUT2D eigenvalue weighted by Gasteiger charge is -2.12. The highest BCUT2D eigenvalue weighted by molar-refractivity contribution is 6.33. The highest BCUT2D eigenvalue weighted by Crippen LogP contribution is 2.41. The lowest BCUT2D eigenvalue weighted by atomic mass is 10.1. The van der Waals surface area contributed by atoms with E-state index < -0.39 is 6.10 Å². The van der Waals surface area contributed by atoms with Gasteiger partial charge in [-0.05, 0) is 69.5 Å². The zero-order valence-corrected chi connectivity index (χ0v) is 21.1. The third-order valence-electron chi connectivity index (χ3n) is 6.12. The normalized spacial score (nSPS) is 15.0. The first-order valence-electron chi connectivity index (χ1n) is 11.8. The number of rotatable bonds is 8. The van der Waals surface area contributed by atoms with E-state index in [9.17, 15) is 9.90 Å². The second kappa shape index (κ2) is 9.48. The molecule has 9 nitrogen and oxygen atoms in total. The average Bonchev–Trinajstić information content (AvgIpc) is 3.45. The van der Waals surface area contributed by atoms with Crippen molar-refractivity contribution < 1.29 is 14.6 Å². The number of aliphatic hydroxyl groups excluding tert-OH is 1. The first kappa shape index (κ1) is 24.1. The number of hydrogen-bond donors (Lipinski definition) is 2. The molecule has 0 bridgehead atoms. The number of hydrogen-bond acceptors (Lipinski definition) is 7. The predicted molar refractivity (Wildman–Crippen MR) is 136 cm³/mol. The maximum absolute atomic E-state index is 12.5. The van der Waals surface area contributed by atoms with E-state index in [0.29, 0.717) is 45.6 Å². The quantitative estimate of drug-likeness (QED) is 0.372. The van der Waals surface area contributed by atoms with Crippen molar-refractivity contribution in [1.82, 2.24) is 29.8 Å². The van der Waals surface area contributed by atoms with E-state index in [-0.39, 0.29) is 18.1 Å². The lowest BCUT2D eigenvalue weighted by molar-refractivity contribution is 0.0924. The molecule has 3 heterocycles. The highest BCUT2D eigenvalue weighted by Gasteiger charge is 2.41. The fourth-order valence-electron chi connectivity index (χ4n) is 3.88. The molecule has 0 radical (unpaired) electrons. The summed E-state index contributed by atoms with van der Waals surface area (Å²) in [5, 5.41) is 12.5. The van der Waals surface area contributed by atoms with Gasteiger partial charge in [0.1, 0.15) is 17.8 Å². The molecule has 186 valence electrons. The van der Waals surface area contributed by atoms with Gasteiger partial charge in [0.15, 0.2) is 11.2 Å². The van der Waals surface area contributed by atoms with Crippen molar-refractivity contribution in [3.8, 4) is 17.3 Å². The number of imidazole rings is 1. The molecule has 0 spiro atoms. The monoisotopic (exact) mass is 506 g/mol. The number of pyridine rings is 1. The van der Waals surface area contributed by atoms with Gasteiger partial charge in [0.05, 0.1) is 23.4 Å². The van der Waals surface area contributed by atoms with Gasteiger partial charge in [-0.3, -0.25) is 9.78 Å². The Bertz CT molecular complexity index is 1450. The number of halogens is 1. The zero-order chi connectivity index (χ0) is 25.4. The topological polar surface area (TPSA) is 115 Å². The van der Waals surface area contributed by atoms with Crippen LogP contribution in [0.2, 0.25) is 5.02 Å². The molecule has 3 aromatic heterocycles. The Labute approximate surface area is 213 Å². The largest absolute Gasteiger partial charge is 0.470 e. The summed E-state index contributed by atoms with van der Waals surface area (Å²) in [6, 6.07) is 8.99. The number of aromatic nitrogens is 5. The van der Waals surface area contributed by atoms with Crippen molar-refractivity contribution in [2.24, 2.45) is 0 Å². The number of ether oxygens (including phenoxy) is 1. The molecule has 36 heavy (non-hydrogen) atoms. The van der Waals surface area contributed by atoms with Gasteiger partial charge >= 0.3 is 0 Å². The number of benzene rings is 1. The van der Waals surface area contributed by atoms with Crippen LogP contribution in [0.4, 0.5) is 0 Å². The van der Waals surface area contributed by atoms with Crippen LogP contribution in [-0.2, 0) is 6.54 Å². The van der Waals surface area contributed by atoms with Crippen molar-refractivity contribution in [2.45, 2.75) is 51.9 Å². The molecule has 2 N–H and O–H groups in total. The SMILES string of the molecule is Cc1ccnc(Cn2c(-c3ccc(C(=O)NC[C@H](C)O)cc3Cl)nc3c(OC4(C)CC4)ncnc32)c1. The van der Waals surface area contributed by atoms with Crippen molar-refractivity contribution in [3.63, 3.8) is 0 Å². The van der Waals surface area contributed by atoms with Gasteiger partial charge in [-0.15, -0.1) is 0 Å². The number of fused-ring (bicyclic) bond motifs is 1. The van der Waals surface area contributed by atoms with Gasteiger partial charge in [-0.1, -0.05) is 11.6 Å². The van der Waals surface area contributed by atoms with Crippen molar-refractivity contribution in [1.29, 1.82) is 0 Å². The summed E-state index contributed by atoms with van der Waals surface area (Å²) in [7, 11) is 0. The molecule has 0 saturated heterocycles. The average molecular weight is 507 g/mol. The van der Waals surface area contributed by atoms with Crippen LogP contribution in [0, 0.1) is 6.92 Å². The van der Waals surface area contributed by atoms with Crippen molar-refractivity contribution in [3.05, 3.63) is 64.7 Å². The third kappa shape index (κ3) is 5.03. The Morgan fingerprint density at radius 1 is 1.25 bits per heavy atom. The molecular weight excluding hydrogens is 480 g/mol. The first-order valence-corrected chi connectivity index (χ1v) is 12.2. The van der Waals surface area contributed by atoms with Crippen molar-refractivity contribution >= 4 is 28.7 Å². The van der Waals surface area contributed by atoms with Gasteiger partial charge < -0.3 is 19.7 Å². The number of amides is 1. The number of aliphatic hydroxyl groups is 1. The standard InChI is InChI=1S/C26H27ClN6O3/c1-15-6-9-28-18(10-15)13-33-22(19-5-4-17(11-20(19)27)24(35)29-12-16(2)34)32-21-23(33)30-14-31-25(21)36-26(3)7-8-26/h4-6,9-11,14,16,34H,7-8,12-13H2,1-3H3,(H,29,35)/t16-/m0/s1. The van der Waals surface area contributed by atoms with E-state index in [1.807, 2.05) is 30.5 Å². The Morgan fingerprint density at radius 2 is 2.06 bits per heavy atom. The Hall–Kier alpha value is -3.56. The summed E-state index contributed by atoms with van der Waals surface area (Å²) in [5.41, 5.74) is 3.88. The molecule has 1 aliphatic carbocycles. The minimum atomic E-state index is -0.644. The summed E-state index contributed by atoms with van der Waals surface area (Å²) in [5.74, 6) is 0.684. The van der Waals surface area contributed by atoms with Crippen LogP contribution >= 0.6 is 11.6 Å². The molecule has 1 amide bonds. The van der Waals surface area contributed by atoms with Gasteiger partial charge in [0, 0.05) is 23.9 Å². The smallest absolute Gasteiger partial charge is 0.251 e. The van der Waals surface area contributed by atoms with Crippen molar-refractivity contribution in [2.75, 3.05) is 6.54 Å². The fraction of sp³-hybridized carbons (Fsp3) is 0.346. The number of nitrogens with one attached hydrogen (secondary N) is 1. The predicted octanol–water partition coefficient (Wildman–Crippen LogP) is 3.94. The molecule has 0 aliphatic heterocycles. The van der Waals surface area contributed by atoms with Gasteiger partial charge in [-0.25, -0.2) is 9.97 Å². The molecular formula is C26H27ClN6O3. The Kier molecular flexibility index (Phi) is 6.36. The van der Waals surface area contributed by atoms with Crippen LogP contribution in [0.5, 0.6) is 5.88 Å². The van der Waals surface area contributed by atoms with Crippen LogP contribution < -0.4 is 10.1 Å². The molecule has 1 fully saturated rings. The molecule has 4 aromatic rings. The zero-order valence-electron chi connectivity index (χ0n) is 20.3. The van der Waals surface area contributed by atoms with E-state index in [4.69, 9.17) is 21.3 Å². The highest BCUT2D eigenvalue weighted by atomic mass is 35.5. The second-order valence-electron chi connectivity index (χ2n) is 9.50. The number of carbonyl (C=O) groups excluding carboxylic acids is 1. The summed E-state index contributed by atoms with van der Waals surface area (Å²) >= 11 is 6.69.